The average Bonchev–Trinajstić information content (AvgIpc) is 3.34. The highest BCUT2D eigenvalue weighted by Gasteiger charge is 2.30. The van der Waals surface area contributed by atoms with Crippen molar-refractivity contribution < 1.29 is 19.1 Å². The first kappa shape index (κ1) is 22.7. The lowest BCUT2D eigenvalue weighted by atomic mass is 10.1. The van der Waals surface area contributed by atoms with E-state index < -0.39 is 4.92 Å². The van der Waals surface area contributed by atoms with Crippen molar-refractivity contribution in [3.05, 3.63) is 64.5 Å². The number of nitrogens with zero attached hydrogens (tertiary/aromatic N) is 5. The van der Waals surface area contributed by atoms with Crippen molar-refractivity contribution in [2.45, 2.75) is 13.5 Å². The Morgan fingerprint density at radius 3 is 2.69 bits per heavy atom. The molecule has 11 nitrogen and oxygen atoms in total. The number of rotatable bonds is 8. The summed E-state index contributed by atoms with van der Waals surface area (Å²) in [4.78, 5) is 24.4. The van der Waals surface area contributed by atoms with Gasteiger partial charge in [-0.1, -0.05) is 18.2 Å². The third kappa shape index (κ3) is 4.90. The first-order valence-electron chi connectivity index (χ1n) is 11.5. The predicted molar refractivity (Wildman–Crippen MR) is 130 cm³/mol. The molecule has 1 saturated heterocycles. The second kappa shape index (κ2) is 10.0. The monoisotopic (exact) mass is 478 g/mol. The molecule has 0 aliphatic carbocycles. The number of ether oxygens (including phenoxy) is 3. The lowest BCUT2D eigenvalue weighted by molar-refractivity contribution is -0.383. The molecule has 0 amide bonds. The SMILES string of the molecule is CCOc1ccccc1Nc1ncnc(N2CCN(Cc3ccc4c(c3)OCO4)CC2)c1[N+](=O)[O-]. The summed E-state index contributed by atoms with van der Waals surface area (Å²) in [6.07, 6.45) is 1.35. The number of hydrogen-bond acceptors (Lipinski definition) is 10. The van der Waals surface area contributed by atoms with Gasteiger partial charge in [-0.15, -0.1) is 0 Å². The zero-order valence-corrected chi connectivity index (χ0v) is 19.3. The van der Waals surface area contributed by atoms with Crippen LogP contribution in [0, 0.1) is 10.1 Å². The van der Waals surface area contributed by atoms with E-state index in [0.29, 0.717) is 37.0 Å². The zero-order chi connectivity index (χ0) is 24.2. The maximum Gasteiger partial charge on any atom is 0.353 e. The normalized spacial score (nSPS) is 15.2. The molecular weight excluding hydrogens is 452 g/mol. The molecule has 0 unspecified atom stereocenters. The first-order valence-corrected chi connectivity index (χ1v) is 11.5. The molecule has 3 heterocycles. The molecule has 1 fully saturated rings. The largest absolute Gasteiger partial charge is 0.492 e. The van der Waals surface area contributed by atoms with Crippen LogP contribution >= 0.6 is 0 Å². The van der Waals surface area contributed by atoms with E-state index in [1.165, 1.54) is 6.33 Å². The molecule has 2 aromatic carbocycles. The van der Waals surface area contributed by atoms with Gasteiger partial charge in [0.15, 0.2) is 11.5 Å². The molecule has 3 aromatic rings. The predicted octanol–water partition coefficient (Wildman–Crippen LogP) is 3.58. The molecule has 5 rings (SSSR count). The van der Waals surface area contributed by atoms with Gasteiger partial charge in [-0.05, 0) is 36.8 Å². The summed E-state index contributed by atoms with van der Waals surface area (Å²) in [6, 6.07) is 13.2. The summed E-state index contributed by atoms with van der Waals surface area (Å²) in [5.74, 6) is 2.58. The number of fused-ring (bicyclic) bond motifs is 1. The van der Waals surface area contributed by atoms with E-state index in [0.717, 1.165) is 36.7 Å². The van der Waals surface area contributed by atoms with E-state index in [1.54, 1.807) is 12.1 Å². The van der Waals surface area contributed by atoms with Crippen LogP contribution in [0.2, 0.25) is 0 Å². The van der Waals surface area contributed by atoms with Crippen LogP contribution in [-0.2, 0) is 6.54 Å². The van der Waals surface area contributed by atoms with Crippen molar-refractivity contribution in [3.63, 3.8) is 0 Å². The number of anilines is 3. The van der Waals surface area contributed by atoms with Gasteiger partial charge >= 0.3 is 5.69 Å². The summed E-state index contributed by atoms with van der Waals surface area (Å²) in [5.41, 5.74) is 1.59. The third-order valence-electron chi connectivity index (χ3n) is 5.94. The van der Waals surface area contributed by atoms with Crippen LogP contribution in [0.15, 0.2) is 48.8 Å². The van der Waals surface area contributed by atoms with Crippen molar-refractivity contribution in [3.8, 4) is 17.2 Å². The minimum Gasteiger partial charge on any atom is -0.492 e. The van der Waals surface area contributed by atoms with Crippen LogP contribution in [0.5, 0.6) is 17.2 Å². The number of para-hydroxylation sites is 2. The Morgan fingerprint density at radius 1 is 1.09 bits per heavy atom. The van der Waals surface area contributed by atoms with Crippen molar-refractivity contribution in [2.24, 2.45) is 0 Å². The fraction of sp³-hybridized carbons (Fsp3) is 0.333. The molecule has 1 aromatic heterocycles. The second-order valence-electron chi connectivity index (χ2n) is 8.16. The maximum absolute atomic E-state index is 12.1. The van der Waals surface area contributed by atoms with E-state index in [-0.39, 0.29) is 18.3 Å². The van der Waals surface area contributed by atoms with Crippen LogP contribution in [0.1, 0.15) is 12.5 Å². The van der Waals surface area contributed by atoms with Crippen LogP contribution in [0.25, 0.3) is 0 Å². The summed E-state index contributed by atoms with van der Waals surface area (Å²) >= 11 is 0. The number of piperazine rings is 1. The Kier molecular flexibility index (Phi) is 6.49. The topological polar surface area (TPSA) is 115 Å². The summed E-state index contributed by atoms with van der Waals surface area (Å²) in [7, 11) is 0. The van der Waals surface area contributed by atoms with Gasteiger partial charge in [0, 0.05) is 32.7 Å². The number of hydrogen-bond donors (Lipinski definition) is 1. The molecule has 35 heavy (non-hydrogen) atoms. The highest BCUT2D eigenvalue weighted by atomic mass is 16.7. The number of nitrogens with one attached hydrogen (secondary N) is 1. The molecular formula is C24H26N6O5. The fourth-order valence-electron chi connectivity index (χ4n) is 4.25. The fourth-order valence-corrected chi connectivity index (χ4v) is 4.25. The lowest BCUT2D eigenvalue weighted by Crippen LogP contribution is -2.46. The minimum absolute atomic E-state index is 0.134. The van der Waals surface area contributed by atoms with Gasteiger partial charge in [-0.25, -0.2) is 9.97 Å². The molecule has 2 aliphatic heterocycles. The molecule has 0 saturated carbocycles. The zero-order valence-electron chi connectivity index (χ0n) is 19.3. The highest BCUT2D eigenvalue weighted by molar-refractivity contribution is 5.76. The summed E-state index contributed by atoms with van der Waals surface area (Å²) < 4.78 is 16.5. The van der Waals surface area contributed by atoms with Crippen LogP contribution in [0.3, 0.4) is 0 Å². The maximum atomic E-state index is 12.1. The van der Waals surface area contributed by atoms with Crippen molar-refractivity contribution >= 4 is 23.0 Å². The Morgan fingerprint density at radius 2 is 1.89 bits per heavy atom. The number of nitro groups is 1. The van der Waals surface area contributed by atoms with E-state index in [4.69, 9.17) is 14.2 Å². The molecule has 11 heteroatoms. The Balaban J connectivity index is 1.30. The molecule has 1 N–H and O–H groups in total. The van der Waals surface area contributed by atoms with Gasteiger partial charge < -0.3 is 24.4 Å². The van der Waals surface area contributed by atoms with Crippen molar-refractivity contribution in [1.29, 1.82) is 0 Å². The summed E-state index contributed by atoms with van der Waals surface area (Å²) in [6.45, 7) is 6.08. The highest BCUT2D eigenvalue weighted by Crippen LogP contribution is 2.36. The van der Waals surface area contributed by atoms with Crippen molar-refractivity contribution in [2.75, 3.05) is 49.8 Å². The molecule has 0 atom stereocenters. The first-order chi connectivity index (χ1) is 17.1. The summed E-state index contributed by atoms with van der Waals surface area (Å²) in [5, 5.41) is 15.2. The van der Waals surface area contributed by atoms with E-state index >= 15 is 0 Å². The molecule has 2 aliphatic rings. The average molecular weight is 479 g/mol. The van der Waals surface area contributed by atoms with Crippen molar-refractivity contribution in [1.82, 2.24) is 14.9 Å². The Bertz CT molecular complexity index is 1210. The van der Waals surface area contributed by atoms with Crippen LogP contribution < -0.4 is 24.4 Å². The van der Waals surface area contributed by atoms with E-state index in [9.17, 15) is 10.1 Å². The standard InChI is InChI=1S/C24H26N6O5/c1-2-33-19-6-4-3-5-18(19)27-23-22(30(31)32)24(26-15-25-23)29-11-9-28(10-12-29)14-17-7-8-20-21(13-17)35-16-34-20/h3-8,13,15H,2,9-12,14,16H2,1H3,(H,25,26,27). The molecule has 0 radical (unpaired) electrons. The smallest absolute Gasteiger partial charge is 0.353 e. The second-order valence-corrected chi connectivity index (χ2v) is 8.16. The molecule has 182 valence electrons. The molecule has 0 spiro atoms. The van der Waals surface area contributed by atoms with Gasteiger partial charge in [-0.3, -0.25) is 15.0 Å². The Hall–Kier alpha value is -4.12. The lowest BCUT2D eigenvalue weighted by Gasteiger charge is -2.35. The number of aromatic nitrogens is 2. The third-order valence-corrected chi connectivity index (χ3v) is 5.94. The van der Waals surface area contributed by atoms with Gasteiger partial charge in [0.25, 0.3) is 0 Å². The Labute approximate surface area is 202 Å². The van der Waals surface area contributed by atoms with Gasteiger partial charge in [0.05, 0.1) is 17.2 Å². The van der Waals surface area contributed by atoms with Gasteiger partial charge in [0.1, 0.15) is 12.1 Å². The van der Waals surface area contributed by atoms with Gasteiger partial charge in [-0.2, -0.15) is 0 Å². The molecule has 0 bridgehead atoms. The minimum atomic E-state index is -0.431. The van der Waals surface area contributed by atoms with E-state index in [2.05, 4.69) is 20.2 Å². The van der Waals surface area contributed by atoms with E-state index in [1.807, 2.05) is 42.2 Å². The quantitative estimate of drug-likeness (QED) is 0.380. The van der Waals surface area contributed by atoms with Gasteiger partial charge in [0.2, 0.25) is 18.4 Å². The van der Waals surface area contributed by atoms with Crippen LogP contribution in [0.4, 0.5) is 23.0 Å². The van der Waals surface area contributed by atoms with Crippen LogP contribution in [-0.4, -0.2) is 59.4 Å². The number of benzene rings is 2.